The maximum Gasteiger partial charge on any atom is 0.338 e. The normalized spacial score (nSPS) is 11.9. The van der Waals surface area contributed by atoms with Gasteiger partial charge in [-0.1, -0.05) is 30.3 Å². The average Bonchev–Trinajstić information content (AvgIpc) is 2.43. The molecule has 0 aliphatic rings. The van der Waals surface area contributed by atoms with Crippen molar-refractivity contribution in [3.63, 3.8) is 0 Å². The minimum absolute atomic E-state index is 0.0322. The van der Waals surface area contributed by atoms with Crippen LogP contribution in [0.4, 0.5) is 15.8 Å². The quantitative estimate of drug-likeness (QED) is 0.739. The van der Waals surface area contributed by atoms with E-state index in [4.69, 9.17) is 10.8 Å². The summed E-state index contributed by atoms with van der Waals surface area (Å²) in [5.41, 5.74) is 7.13. The number of anilines is 2. The van der Waals surface area contributed by atoms with Crippen molar-refractivity contribution in [3.8, 4) is 0 Å². The van der Waals surface area contributed by atoms with Crippen LogP contribution in [0.5, 0.6) is 0 Å². The van der Waals surface area contributed by atoms with E-state index in [2.05, 4.69) is 5.32 Å². The zero-order chi connectivity index (χ0) is 15.4. The summed E-state index contributed by atoms with van der Waals surface area (Å²) in [6.07, 6.45) is 0.753. The number of hydrogen-bond donors (Lipinski definition) is 3. The van der Waals surface area contributed by atoms with Gasteiger partial charge in [0.25, 0.3) is 0 Å². The number of rotatable bonds is 5. The van der Waals surface area contributed by atoms with Crippen molar-refractivity contribution in [1.29, 1.82) is 0 Å². The molecule has 4 nitrogen and oxygen atoms in total. The lowest BCUT2D eigenvalue weighted by molar-refractivity contribution is 0.0692. The monoisotopic (exact) mass is 288 g/mol. The van der Waals surface area contributed by atoms with E-state index in [9.17, 15) is 9.18 Å². The van der Waals surface area contributed by atoms with Crippen LogP contribution in [0.2, 0.25) is 0 Å². The van der Waals surface area contributed by atoms with Gasteiger partial charge in [0.05, 0.1) is 16.9 Å². The highest BCUT2D eigenvalue weighted by atomic mass is 19.1. The minimum Gasteiger partial charge on any atom is -0.478 e. The van der Waals surface area contributed by atoms with Gasteiger partial charge in [0.1, 0.15) is 5.82 Å². The lowest BCUT2D eigenvalue weighted by atomic mass is 10.1. The number of carbonyl (C=O) groups is 1. The summed E-state index contributed by atoms with van der Waals surface area (Å²) in [4.78, 5) is 10.8. The summed E-state index contributed by atoms with van der Waals surface area (Å²) in [5.74, 6) is -2.13. The smallest absolute Gasteiger partial charge is 0.338 e. The summed E-state index contributed by atoms with van der Waals surface area (Å²) >= 11 is 0. The van der Waals surface area contributed by atoms with Crippen LogP contribution in [0.1, 0.15) is 22.8 Å². The second-order valence-electron chi connectivity index (χ2n) is 4.96. The first-order chi connectivity index (χ1) is 9.97. The first kappa shape index (κ1) is 14.8. The van der Waals surface area contributed by atoms with Crippen molar-refractivity contribution < 1.29 is 14.3 Å². The molecular formula is C16H17FN2O2. The summed E-state index contributed by atoms with van der Waals surface area (Å²) in [6, 6.07) is 12.2. The number of benzene rings is 2. The lowest BCUT2D eigenvalue weighted by Crippen LogP contribution is -2.19. The van der Waals surface area contributed by atoms with Crippen LogP contribution in [0, 0.1) is 5.82 Å². The predicted octanol–water partition coefficient (Wildman–Crippen LogP) is 3.15. The molecule has 0 bridgehead atoms. The summed E-state index contributed by atoms with van der Waals surface area (Å²) in [5, 5.41) is 11.9. The molecule has 0 aliphatic carbocycles. The number of nitrogen functional groups attached to an aromatic ring is 1. The van der Waals surface area contributed by atoms with E-state index in [1.165, 1.54) is 0 Å². The van der Waals surface area contributed by atoms with E-state index < -0.39 is 17.3 Å². The molecule has 4 N–H and O–H groups in total. The molecule has 21 heavy (non-hydrogen) atoms. The van der Waals surface area contributed by atoms with Crippen LogP contribution >= 0.6 is 0 Å². The summed E-state index contributed by atoms with van der Waals surface area (Å²) in [6.45, 7) is 1.95. The third-order valence-corrected chi connectivity index (χ3v) is 3.16. The lowest BCUT2D eigenvalue weighted by Gasteiger charge is -2.17. The van der Waals surface area contributed by atoms with Crippen LogP contribution in [0.15, 0.2) is 42.5 Å². The number of carboxylic acid groups (broad SMARTS) is 1. The molecule has 2 aromatic rings. The molecule has 1 unspecified atom stereocenters. The van der Waals surface area contributed by atoms with Crippen molar-refractivity contribution in [3.05, 3.63) is 59.4 Å². The number of nitrogens with two attached hydrogens (primary N) is 1. The molecule has 0 aromatic heterocycles. The molecule has 0 heterocycles. The van der Waals surface area contributed by atoms with Gasteiger partial charge in [0.2, 0.25) is 0 Å². The van der Waals surface area contributed by atoms with Crippen LogP contribution in [-0.4, -0.2) is 17.1 Å². The second-order valence-corrected chi connectivity index (χ2v) is 4.96. The second kappa shape index (κ2) is 6.26. The third kappa shape index (κ3) is 3.72. The van der Waals surface area contributed by atoms with Crippen molar-refractivity contribution in [2.24, 2.45) is 0 Å². The molecular weight excluding hydrogens is 271 g/mol. The number of carboxylic acids is 1. The Morgan fingerprint density at radius 3 is 2.62 bits per heavy atom. The largest absolute Gasteiger partial charge is 0.478 e. The van der Waals surface area contributed by atoms with Gasteiger partial charge in [-0.3, -0.25) is 0 Å². The fourth-order valence-corrected chi connectivity index (χ4v) is 2.16. The first-order valence-corrected chi connectivity index (χ1v) is 6.60. The first-order valence-electron chi connectivity index (χ1n) is 6.60. The standard InChI is InChI=1S/C16H17FN2O2/c1-10(7-11-5-3-2-4-6-11)19-15-9-13(17)12(16(20)21)8-14(15)18/h2-6,8-10,19H,7,18H2,1H3,(H,20,21). The molecule has 0 aliphatic heterocycles. The molecule has 0 saturated heterocycles. The zero-order valence-electron chi connectivity index (χ0n) is 11.6. The average molecular weight is 288 g/mol. The van der Waals surface area contributed by atoms with E-state index in [1.807, 2.05) is 37.3 Å². The maximum atomic E-state index is 13.7. The Labute approximate surface area is 122 Å². The Hall–Kier alpha value is -2.56. The van der Waals surface area contributed by atoms with Crippen molar-refractivity contribution >= 4 is 17.3 Å². The van der Waals surface area contributed by atoms with E-state index in [0.717, 1.165) is 24.1 Å². The Bertz CT molecular complexity index is 644. The van der Waals surface area contributed by atoms with Crippen molar-refractivity contribution in [2.45, 2.75) is 19.4 Å². The number of hydrogen-bond acceptors (Lipinski definition) is 3. The van der Waals surface area contributed by atoms with Gasteiger partial charge in [0, 0.05) is 6.04 Å². The zero-order valence-corrected chi connectivity index (χ0v) is 11.6. The van der Waals surface area contributed by atoms with Crippen molar-refractivity contribution in [1.82, 2.24) is 0 Å². The molecule has 0 saturated carbocycles. The highest BCUT2D eigenvalue weighted by Crippen LogP contribution is 2.24. The fraction of sp³-hybridized carbons (Fsp3) is 0.188. The Morgan fingerprint density at radius 1 is 1.33 bits per heavy atom. The molecule has 0 spiro atoms. The van der Waals surface area contributed by atoms with Crippen molar-refractivity contribution in [2.75, 3.05) is 11.1 Å². The molecule has 5 heteroatoms. The summed E-state index contributed by atoms with van der Waals surface area (Å²) < 4.78 is 13.7. The molecule has 2 aromatic carbocycles. The highest BCUT2D eigenvalue weighted by molar-refractivity contribution is 5.90. The van der Waals surface area contributed by atoms with Crippen LogP contribution in [0.25, 0.3) is 0 Å². The van der Waals surface area contributed by atoms with E-state index in [0.29, 0.717) is 5.69 Å². The fourth-order valence-electron chi connectivity index (χ4n) is 2.16. The Morgan fingerprint density at radius 2 is 2.00 bits per heavy atom. The van der Waals surface area contributed by atoms with Gasteiger partial charge in [-0.2, -0.15) is 0 Å². The van der Waals surface area contributed by atoms with Gasteiger partial charge in [-0.05, 0) is 31.0 Å². The summed E-state index contributed by atoms with van der Waals surface area (Å²) in [7, 11) is 0. The number of halogens is 1. The van der Waals surface area contributed by atoms with Crippen LogP contribution < -0.4 is 11.1 Å². The predicted molar refractivity (Wildman–Crippen MR) is 81.0 cm³/mol. The van der Waals surface area contributed by atoms with E-state index >= 15 is 0 Å². The molecule has 110 valence electrons. The van der Waals surface area contributed by atoms with Crippen LogP contribution in [0.3, 0.4) is 0 Å². The topological polar surface area (TPSA) is 75.3 Å². The SMILES string of the molecule is CC(Cc1ccccc1)Nc1cc(F)c(C(=O)O)cc1N. The third-order valence-electron chi connectivity index (χ3n) is 3.16. The van der Waals surface area contributed by atoms with Gasteiger partial charge >= 0.3 is 5.97 Å². The van der Waals surface area contributed by atoms with Gasteiger partial charge < -0.3 is 16.2 Å². The number of aromatic carboxylic acids is 1. The highest BCUT2D eigenvalue weighted by Gasteiger charge is 2.14. The van der Waals surface area contributed by atoms with Gasteiger partial charge in [-0.25, -0.2) is 9.18 Å². The number of nitrogens with one attached hydrogen (secondary N) is 1. The maximum absolute atomic E-state index is 13.7. The van der Waals surface area contributed by atoms with Gasteiger partial charge in [0.15, 0.2) is 0 Å². The molecule has 0 amide bonds. The minimum atomic E-state index is -1.33. The van der Waals surface area contributed by atoms with E-state index in [1.54, 1.807) is 0 Å². The van der Waals surface area contributed by atoms with Crippen LogP contribution in [-0.2, 0) is 6.42 Å². The Balaban J connectivity index is 2.12. The molecule has 2 rings (SSSR count). The molecule has 0 fully saturated rings. The van der Waals surface area contributed by atoms with Gasteiger partial charge in [-0.15, -0.1) is 0 Å². The van der Waals surface area contributed by atoms with E-state index in [-0.39, 0.29) is 11.7 Å². The molecule has 1 atom stereocenters. The Kier molecular flexibility index (Phi) is 4.42. The molecule has 0 radical (unpaired) electrons.